The van der Waals surface area contributed by atoms with Crippen molar-refractivity contribution < 1.29 is 9.35 Å². The molecule has 0 saturated carbocycles. The van der Waals surface area contributed by atoms with Gasteiger partial charge in [0.05, 0.1) is 0 Å². The van der Waals surface area contributed by atoms with Crippen molar-refractivity contribution in [3.05, 3.63) is 21.8 Å². The van der Waals surface area contributed by atoms with Crippen LogP contribution in [0.1, 0.15) is 60.8 Å². The van der Waals surface area contributed by atoms with Crippen LogP contribution in [0.4, 0.5) is 0 Å². The molecular weight excluding hydrogens is 294 g/mol. The summed E-state index contributed by atoms with van der Waals surface area (Å²) in [6.45, 7) is 18.1. The van der Waals surface area contributed by atoms with Crippen molar-refractivity contribution in [1.82, 2.24) is 0 Å². The zero-order valence-corrected chi connectivity index (χ0v) is 16.8. The summed E-state index contributed by atoms with van der Waals surface area (Å²) in [5.74, 6) is 0. The molecule has 0 aromatic rings. The maximum absolute atomic E-state index is 10.7. The first-order valence-corrected chi connectivity index (χ1v) is 11.1. The van der Waals surface area contributed by atoms with Gasteiger partial charge in [-0.1, -0.05) is 39.3 Å². The fraction of sp³-hybridized carbons (Fsp3) is 0.882. The number of rotatable bonds is 9. The van der Waals surface area contributed by atoms with E-state index in [2.05, 4.69) is 60.7 Å². The van der Waals surface area contributed by atoms with Gasteiger partial charge in [0.15, 0.2) is 8.32 Å². The number of nitrogens with zero attached hydrogens (tertiary/aromatic N) is 1. The first-order valence-electron chi connectivity index (χ1n) is 8.18. The average Bonchev–Trinajstić information content (AvgIpc) is 2.32. The number of hydrogen-bond donors (Lipinski definition) is 0. The predicted molar refractivity (Wildman–Crippen MR) is 96.4 cm³/mol. The highest BCUT2D eigenvalue weighted by molar-refractivity contribution is 6.74. The van der Waals surface area contributed by atoms with Crippen LogP contribution in [0.5, 0.6) is 0 Å². The summed E-state index contributed by atoms with van der Waals surface area (Å²) in [6.07, 6.45) is 4.67. The van der Waals surface area contributed by atoms with Crippen LogP contribution < -0.4 is 0 Å². The van der Waals surface area contributed by atoms with E-state index in [1.54, 1.807) is 0 Å². The Morgan fingerprint density at radius 1 is 1.18 bits per heavy atom. The van der Waals surface area contributed by atoms with Gasteiger partial charge in [-0.3, -0.25) is 10.1 Å². The molecule has 0 saturated heterocycles. The molecule has 0 unspecified atom stereocenters. The fourth-order valence-electron chi connectivity index (χ4n) is 1.91. The smallest absolute Gasteiger partial charge is 0.204 e. The lowest BCUT2D eigenvalue weighted by molar-refractivity contribution is -0.483. The molecular formula is C17H35NO3Si. The molecule has 0 aromatic heterocycles. The first-order chi connectivity index (χ1) is 9.79. The van der Waals surface area contributed by atoms with Gasteiger partial charge in [-0.15, -0.1) is 0 Å². The molecule has 130 valence electrons. The minimum absolute atomic E-state index is 0.0200. The number of allylic oxidation sites excluding steroid dienone is 2. The van der Waals surface area contributed by atoms with Crippen LogP contribution >= 0.6 is 0 Å². The van der Waals surface area contributed by atoms with Gasteiger partial charge in [0.25, 0.3) is 0 Å². The lowest BCUT2D eigenvalue weighted by Crippen LogP contribution is -2.43. The molecule has 5 heteroatoms. The van der Waals surface area contributed by atoms with E-state index in [1.807, 2.05) is 0 Å². The molecule has 0 fully saturated rings. The predicted octanol–water partition coefficient (Wildman–Crippen LogP) is 5.43. The van der Waals surface area contributed by atoms with Crippen LogP contribution in [0.15, 0.2) is 11.6 Å². The zero-order valence-electron chi connectivity index (χ0n) is 15.8. The molecule has 0 aliphatic heterocycles. The first kappa shape index (κ1) is 21.3. The maximum atomic E-state index is 10.7. The highest BCUT2D eigenvalue weighted by Crippen LogP contribution is 2.39. The van der Waals surface area contributed by atoms with Crippen molar-refractivity contribution in [3.8, 4) is 0 Å². The van der Waals surface area contributed by atoms with Crippen LogP contribution in [-0.2, 0) is 4.43 Å². The Kier molecular flexibility index (Phi) is 7.99. The zero-order chi connectivity index (χ0) is 17.6. The van der Waals surface area contributed by atoms with Crippen LogP contribution in [0.2, 0.25) is 18.1 Å². The SMILES string of the molecule is CC(C)=CCC[C@](C)(CC[N+](=O)[O-])CO[Si](C)(C)C(C)(C)C. The second-order valence-corrected chi connectivity index (χ2v) is 13.3. The van der Waals surface area contributed by atoms with Crippen molar-refractivity contribution in [2.75, 3.05) is 13.2 Å². The summed E-state index contributed by atoms with van der Waals surface area (Å²) in [7, 11) is -1.82. The summed E-state index contributed by atoms with van der Waals surface area (Å²) in [5, 5.41) is 10.9. The Labute approximate surface area is 137 Å². The minimum atomic E-state index is -1.82. The summed E-state index contributed by atoms with van der Waals surface area (Å²) in [4.78, 5) is 10.5. The van der Waals surface area contributed by atoms with Gasteiger partial charge in [-0.2, -0.15) is 0 Å². The van der Waals surface area contributed by atoms with Gasteiger partial charge >= 0.3 is 0 Å². The van der Waals surface area contributed by atoms with E-state index in [0.717, 1.165) is 12.8 Å². The van der Waals surface area contributed by atoms with Crippen molar-refractivity contribution >= 4 is 8.32 Å². The second kappa shape index (κ2) is 8.25. The van der Waals surface area contributed by atoms with Crippen LogP contribution in [0, 0.1) is 15.5 Å². The third-order valence-electron chi connectivity index (χ3n) is 4.79. The molecule has 0 rings (SSSR count). The summed E-state index contributed by atoms with van der Waals surface area (Å²) >= 11 is 0. The topological polar surface area (TPSA) is 52.4 Å². The van der Waals surface area contributed by atoms with Crippen LogP contribution in [0.3, 0.4) is 0 Å². The summed E-state index contributed by atoms with van der Waals surface area (Å²) in [5.41, 5.74) is 1.16. The van der Waals surface area contributed by atoms with E-state index >= 15 is 0 Å². The van der Waals surface area contributed by atoms with E-state index in [4.69, 9.17) is 4.43 Å². The highest BCUT2D eigenvalue weighted by Gasteiger charge is 2.39. The Balaban J connectivity index is 4.85. The van der Waals surface area contributed by atoms with Gasteiger partial charge in [0.1, 0.15) is 0 Å². The molecule has 0 aliphatic rings. The molecule has 0 N–H and O–H groups in total. The summed E-state index contributed by atoms with van der Waals surface area (Å²) in [6, 6.07) is 0. The normalized spacial score (nSPS) is 15.3. The van der Waals surface area contributed by atoms with E-state index in [-0.39, 0.29) is 21.9 Å². The maximum Gasteiger partial charge on any atom is 0.204 e. The van der Waals surface area contributed by atoms with Crippen LogP contribution in [-0.4, -0.2) is 26.4 Å². The summed E-state index contributed by atoms with van der Waals surface area (Å²) < 4.78 is 6.34. The molecule has 22 heavy (non-hydrogen) atoms. The Hall–Kier alpha value is -0.683. The van der Waals surface area contributed by atoms with Gasteiger partial charge in [0.2, 0.25) is 6.54 Å². The van der Waals surface area contributed by atoms with E-state index in [0.29, 0.717) is 13.0 Å². The quantitative estimate of drug-likeness (QED) is 0.245. The molecule has 4 nitrogen and oxygen atoms in total. The van der Waals surface area contributed by atoms with Gasteiger partial charge in [0, 0.05) is 18.0 Å². The second-order valence-electron chi connectivity index (χ2n) is 8.49. The Morgan fingerprint density at radius 2 is 1.73 bits per heavy atom. The van der Waals surface area contributed by atoms with Crippen molar-refractivity contribution in [3.63, 3.8) is 0 Å². The number of nitro groups is 1. The van der Waals surface area contributed by atoms with E-state index < -0.39 is 8.32 Å². The van der Waals surface area contributed by atoms with Crippen LogP contribution in [0.25, 0.3) is 0 Å². The lowest BCUT2D eigenvalue weighted by Gasteiger charge is -2.39. The van der Waals surface area contributed by atoms with Gasteiger partial charge in [-0.25, -0.2) is 0 Å². The third kappa shape index (κ3) is 8.08. The molecule has 0 spiro atoms. The molecule has 0 radical (unpaired) electrons. The average molecular weight is 330 g/mol. The van der Waals surface area contributed by atoms with Gasteiger partial charge < -0.3 is 4.43 Å². The third-order valence-corrected chi connectivity index (χ3v) is 9.26. The fourth-order valence-corrected chi connectivity index (χ4v) is 3.05. The van der Waals surface area contributed by atoms with Crippen molar-refractivity contribution in [2.45, 2.75) is 78.9 Å². The Morgan fingerprint density at radius 3 is 2.14 bits per heavy atom. The minimum Gasteiger partial charge on any atom is -0.416 e. The van der Waals surface area contributed by atoms with E-state index in [9.17, 15) is 10.1 Å². The molecule has 0 heterocycles. The lowest BCUT2D eigenvalue weighted by atomic mass is 9.83. The molecule has 0 aromatic carbocycles. The highest BCUT2D eigenvalue weighted by atomic mass is 28.4. The molecule has 1 atom stereocenters. The van der Waals surface area contributed by atoms with E-state index in [1.165, 1.54) is 5.57 Å². The molecule has 0 aliphatic carbocycles. The van der Waals surface area contributed by atoms with Crippen molar-refractivity contribution in [1.29, 1.82) is 0 Å². The standard InChI is InChI=1S/C17H35NO3Si/c1-15(2)10-9-11-17(6,12-13-18(19)20)14-21-22(7,8)16(3,4)5/h10H,9,11-14H2,1-8H3/t17-/m1/s1. The number of hydrogen-bond acceptors (Lipinski definition) is 3. The molecule has 0 bridgehead atoms. The van der Waals surface area contributed by atoms with Gasteiger partial charge in [-0.05, 0) is 50.2 Å². The largest absolute Gasteiger partial charge is 0.416 e. The Bertz CT molecular complexity index is 395. The van der Waals surface area contributed by atoms with Crippen molar-refractivity contribution in [2.24, 2.45) is 5.41 Å². The monoisotopic (exact) mass is 329 g/mol. The molecule has 0 amide bonds.